The topological polar surface area (TPSA) is 25.2 Å². The number of amides is 1. The zero-order valence-electron chi connectivity index (χ0n) is 15.8. The third kappa shape index (κ3) is 4.13. The number of aromatic nitrogens is 1. The molecule has 138 valence electrons. The summed E-state index contributed by atoms with van der Waals surface area (Å²) in [5.41, 5.74) is 3.59. The number of carbonyl (C=O) groups is 1. The van der Waals surface area contributed by atoms with E-state index < -0.39 is 0 Å². The Morgan fingerprint density at radius 2 is 1.56 bits per heavy atom. The summed E-state index contributed by atoms with van der Waals surface area (Å²) in [6.07, 6.45) is 4.80. The quantitative estimate of drug-likeness (QED) is 0.599. The highest BCUT2D eigenvalue weighted by Gasteiger charge is 2.34. The first-order valence-corrected chi connectivity index (χ1v) is 9.72. The van der Waals surface area contributed by atoms with E-state index in [1.54, 1.807) is 0 Å². The van der Waals surface area contributed by atoms with Crippen LogP contribution in [0.25, 0.3) is 0 Å². The third-order valence-electron chi connectivity index (χ3n) is 5.47. The van der Waals surface area contributed by atoms with Gasteiger partial charge in [0.15, 0.2) is 0 Å². The molecule has 0 saturated heterocycles. The first-order chi connectivity index (χ1) is 13.2. The minimum atomic E-state index is 0.0922. The summed E-state index contributed by atoms with van der Waals surface area (Å²) >= 11 is 0. The second-order valence-corrected chi connectivity index (χ2v) is 7.44. The Kier molecular flexibility index (Phi) is 5.10. The van der Waals surface area contributed by atoms with E-state index >= 15 is 0 Å². The number of carbonyl (C=O) groups excluding carboxylic acids is 1. The summed E-state index contributed by atoms with van der Waals surface area (Å²) in [4.78, 5) is 15.4. The third-order valence-corrected chi connectivity index (χ3v) is 5.47. The van der Waals surface area contributed by atoms with Crippen LogP contribution in [0.4, 0.5) is 0 Å². The standard InChI is InChI=1S/C24H26N2O/c1-25-16-8-13-22(25)18-26(21-14-15-21)24(27)17-23(19-9-4-2-5-10-19)20-11-6-3-7-12-20/h2-13,16,21,23H,14-15,17-18H2,1H3. The minimum Gasteiger partial charge on any atom is -0.353 e. The van der Waals surface area contributed by atoms with Crippen LogP contribution in [-0.4, -0.2) is 21.4 Å². The number of nitrogens with zero attached hydrogens (tertiary/aromatic N) is 2. The van der Waals surface area contributed by atoms with Gasteiger partial charge < -0.3 is 9.47 Å². The number of benzene rings is 2. The first-order valence-electron chi connectivity index (χ1n) is 9.72. The van der Waals surface area contributed by atoms with E-state index in [4.69, 9.17) is 0 Å². The molecule has 1 saturated carbocycles. The maximum Gasteiger partial charge on any atom is 0.224 e. The lowest BCUT2D eigenvalue weighted by atomic mass is 9.88. The lowest BCUT2D eigenvalue weighted by molar-refractivity contribution is -0.132. The van der Waals surface area contributed by atoms with Gasteiger partial charge in [-0.2, -0.15) is 0 Å². The fraction of sp³-hybridized carbons (Fsp3) is 0.292. The molecule has 3 nitrogen and oxygen atoms in total. The summed E-state index contributed by atoms with van der Waals surface area (Å²) < 4.78 is 2.11. The van der Waals surface area contributed by atoms with Gasteiger partial charge in [0, 0.05) is 37.3 Å². The van der Waals surface area contributed by atoms with E-state index in [1.165, 1.54) is 16.8 Å². The monoisotopic (exact) mass is 358 g/mol. The van der Waals surface area contributed by atoms with Crippen LogP contribution in [0.3, 0.4) is 0 Å². The van der Waals surface area contributed by atoms with Crippen molar-refractivity contribution in [2.45, 2.75) is 37.8 Å². The highest BCUT2D eigenvalue weighted by atomic mass is 16.2. The van der Waals surface area contributed by atoms with E-state index in [0.717, 1.165) is 12.8 Å². The van der Waals surface area contributed by atoms with Crippen molar-refractivity contribution in [2.24, 2.45) is 7.05 Å². The van der Waals surface area contributed by atoms with Crippen LogP contribution < -0.4 is 0 Å². The Morgan fingerprint density at radius 1 is 0.963 bits per heavy atom. The van der Waals surface area contributed by atoms with Gasteiger partial charge in [0.05, 0.1) is 6.54 Å². The molecule has 0 radical (unpaired) electrons. The maximum absolute atomic E-state index is 13.3. The van der Waals surface area contributed by atoms with Crippen molar-refractivity contribution in [3.05, 3.63) is 95.8 Å². The molecule has 4 rings (SSSR count). The predicted molar refractivity (Wildman–Crippen MR) is 108 cm³/mol. The summed E-state index contributed by atoms with van der Waals surface area (Å²) in [5.74, 6) is 0.339. The minimum absolute atomic E-state index is 0.0922. The lowest BCUT2D eigenvalue weighted by Crippen LogP contribution is -2.34. The highest BCUT2D eigenvalue weighted by Crippen LogP contribution is 2.33. The van der Waals surface area contributed by atoms with Crippen molar-refractivity contribution in [2.75, 3.05) is 0 Å². The van der Waals surface area contributed by atoms with E-state index in [9.17, 15) is 4.79 Å². The van der Waals surface area contributed by atoms with Crippen LogP contribution in [0.2, 0.25) is 0 Å². The van der Waals surface area contributed by atoms with Crippen molar-refractivity contribution in [1.29, 1.82) is 0 Å². The van der Waals surface area contributed by atoms with E-state index in [0.29, 0.717) is 19.0 Å². The molecule has 0 aliphatic heterocycles. The molecular weight excluding hydrogens is 332 g/mol. The van der Waals surface area contributed by atoms with Crippen LogP contribution in [0.1, 0.15) is 42.0 Å². The van der Waals surface area contributed by atoms with Gasteiger partial charge in [-0.25, -0.2) is 0 Å². The number of rotatable bonds is 7. The number of hydrogen-bond acceptors (Lipinski definition) is 1. The Bertz CT molecular complexity index is 842. The molecule has 1 aromatic heterocycles. The molecule has 0 unspecified atom stereocenters. The Hall–Kier alpha value is -2.81. The average Bonchev–Trinajstić information content (AvgIpc) is 3.47. The molecule has 2 aromatic carbocycles. The predicted octanol–water partition coefficient (Wildman–Crippen LogP) is 4.74. The fourth-order valence-electron chi connectivity index (χ4n) is 3.73. The SMILES string of the molecule is Cn1cccc1CN(C(=O)CC(c1ccccc1)c1ccccc1)C1CC1. The zero-order valence-corrected chi connectivity index (χ0v) is 15.8. The van der Waals surface area contributed by atoms with Crippen LogP contribution in [-0.2, 0) is 18.4 Å². The van der Waals surface area contributed by atoms with Crippen LogP contribution in [0.15, 0.2) is 79.0 Å². The molecule has 27 heavy (non-hydrogen) atoms. The molecule has 1 aliphatic carbocycles. The highest BCUT2D eigenvalue weighted by molar-refractivity contribution is 5.78. The lowest BCUT2D eigenvalue weighted by Gasteiger charge is -2.26. The van der Waals surface area contributed by atoms with Gasteiger partial charge in [-0.1, -0.05) is 60.7 Å². The van der Waals surface area contributed by atoms with Crippen molar-refractivity contribution in [3.8, 4) is 0 Å². The second kappa shape index (κ2) is 7.83. The van der Waals surface area contributed by atoms with Crippen LogP contribution in [0.5, 0.6) is 0 Å². The van der Waals surface area contributed by atoms with Gasteiger partial charge in [-0.15, -0.1) is 0 Å². The molecule has 3 heteroatoms. The number of hydrogen-bond donors (Lipinski definition) is 0. The summed E-state index contributed by atoms with van der Waals surface area (Å²) in [7, 11) is 2.04. The largest absolute Gasteiger partial charge is 0.353 e. The Morgan fingerprint density at radius 3 is 2.04 bits per heavy atom. The van der Waals surface area contributed by atoms with E-state index in [2.05, 4.69) is 64.1 Å². The molecule has 1 fully saturated rings. The van der Waals surface area contributed by atoms with Gasteiger partial charge in [0.2, 0.25) is 5.91 Å². The van der Waals surface area contributed by atoms with Gasteiger partial charge in [0.25, 0.3) is 0 Å². The zero-order chi connectivity index (χ0) is 18.6. The molecule has 0 spiro atoms. The van der Waals surface area contributed by atoms with Gasteiger partial charge >= 0.3 is 0 Å². The molecule has 3 aromatic rings. The van der Waals surface area contributed by atoms with Gasteiger partial charge in [0.1, 0.15) is 0 Å². The molecule has 1 heterocycles. The number of aryl methyl sites for hydroxylation is 1. The van der Waals surface area contributed by atoms with E-state index in [1.807, 2.05) is 31.4 Å². The maximum atomic E-state index is 13.3. The van der Waals surface area contributed by atoms with Crippen molar-refractivity contribution >= 4 is 5.91 Å². The van der Waals surface area contributed by atoms with Crippen molar-refractivity contribution in [1.82, 2.24) is 9.47 Å². The summed E-state index contributed by atoms with van der Waals surface area (Å²) in [6.45, 7) is 0.698. The molecule has 1 amide bonds. The average molecular weight is 358 g/mol. The molecular formula is C24H26N2O. The van der Waals surface area contributed by atoms with Crippen molar-refractivity contribution < 1.29 is 4.79 Å². The molecule has 0 bridgehead atoms. The first kappa shape index (κ1) is 17.6. The van der Waals surface area contributed by atoms with Gasteiger partial charge in [-0.3, -0.25) is 4.79 Å². The normalized spacial score (nSPS) is 13.7. The Labute approximate surface area is 161 Å². The summed E-state index contributed by atoms with van der Waals surface area (Å²) in [5, 5.41) is 0. The second-order valence-electron chi connectivity index (χ2n) is 7.44. The molecule has 0 N–H and O–H groups in total. The smallest absolute Gasteiger partial charge is 0.224 e. The summed E-state index contributed by atoms with van der Waals surface area (Å²) in [6, 6.07) is 25.3. The van der Waals surface area contributed by atoms with Crippen LogP contribution in [0, 0.1) is 0 Å². The van der Waals surface area contributed by atoms with Crippen LogP contribution >= 0.6 is 0 Å². The fourth-order valence-corrected chi connectivity index (χ4v) is 3.73. The molecule has 1 aliphatic rings. The Balaban J connectivity index is 1.58. The van der Waals surface area contributed by atoms with E-state index in [-0.39, 0.29) is 11.8 Å². The molecule has 0 atom stereocenters. The van der Waals surface area contributed by atoms with Crippen molar-refractivity contribution in [3.63, 3.8) is 0 Å². The van der Waals surface area contributed by atoms with Gasteiger partial charge in [-0.05, 0) is 36.1 Å².